The summed E-state index contributed by atoms with van der Waals surface area (Å²) in [6.45, 7) is 9.39. The van der Waals surface area contributed by atoms with Crippen molar-refractivity contribution in [1.82, 2.24) is 0 Å². The van der Waals surface area contributed by atoms with Crippen LogP contribution in [0.3, 0.4) is 0 Å². The first kappa shape index (κ1) is 12.4. The zero-order chi connectivity index (χ0) is 10.6. The minimum absolute atomic E-state index is 0.139. The van der Waals surface area contributed by atoms with E-state index in [1.54, 1.807) is 0 Å². The molecule has 0 amide bonds. The smallest absolute Gasteiger partial charge is 0.336 e. The third kappa shape index (κ3) is 4.88. The van der Waals surface area contributed by atoms with Gasteiger partial charge in [0.25, 0.3) is 0 Å². The molecule has 1 unspecified atom stereocenters. The molecular formula is C10H20O3. The number of carbonyl (C=O) groups excluding carboxylic acids is 1. The summed E-state index contributed by atoms with van der Waals surface area (Å²) in [7, 11) is 1.52. The van der Waals surface area contributed by atoms with Gasteiger partial charge in [-0.1, -0.05) is 13.8 Å². The zero-order valence-corrected chi connectivity index (χ0v) is 9.38. The molecule has 0 aromatic heterocycles. The van der Waals surface area contributed by atoms with Crippen molar-refractivity contribution in [2.45, 2.75) is 46.3 Å². The number of methoxy groups -OCH3 is 1. The van der Waals surface area contributed by atoms with Crippen molar-refractivity contribution < 1.29 is 14.3 Å². The number of hydrogen-bond donors (Lipinski definition) is 0. The molecule has 0 heterocycles. The van der Waals surface area contributed by atoms with E-state index < -0.39 is 11.7 Å². The molecule has 0 spiro atoms. The van der Waals surface area contributed by atoms with Crippen molar-refractivity contribution in [3.05, 3.63) is 0 Å². The Bertz CT molecular complexity index is 167. The monoisotopic (exact) mass is 188 g/mol. The molecule has 0 N–H and O–H groups in total. The molecular weight excluding hydrogens is 168 g/mol. The average Bonchev–Trinajstić information content (AvgIpc) is 1.82. The predicted molar refractivity (Wildman–Crippen MR) is 51.5 cm³/mol. The molecule has 13 heavy (non-hydrogen) atoms. The molecule has 0 saturated heterocycles. The lowest BCUT2D eigenvalue weighted by molar-refractivity contribution is -0.169. The zero-order valence-electron chi connectivity index (χ0n) is 9.38. The van der Waals surface area contributed by atoms with Crippen LogP contribution in [0.4, 0.5) is 0 Å². The van der Waals surface area contributed by atoms with Crippen molar-refractivity contribution >= 4 is 5.97 Å². The highest BCUT2D eigenvalue weighted by molar-refractivity contribution is 5.75. The van der Waals surface area contributed by atoms with Crippen LogP contribution in [0.25, 0.3) is 0 Å². The second-order valence-electron chi connectivity index (χ2n) is 4.43. The van der Waals surface area contributed by atoms with Crippen molar-refractivity contribution in [2.24, 2.45) is 5.92 Å². The van der Waals surface area contributed by atoms with E-state index in [4.69, 9.17) is 9.47 Å². The SMILES string of the molecule is COC(C(=O)OC(C)(C)C)C(C)C. The molecule has 0 aliphatic rings. The number of carbonyl (C=O) groups is 1. The van der Waals surface area contributed by atoms with E-state index in [1.165, 1.54) is 7.11 Å². The molecule has 0 aromatic rings. The van der Waals surface area contributed by atoms with Crippen LogP contribution in [0, 0.1) is 5.92 Å². The van der Waals surface area contributed by atoms with Gasteiger partial charge in [-0.15, -0.1) is 0 Å². The van der Waals surface area contributed by atoms with E-state index in [2.05, 4.69) is 0 Å². The van der Waals surface area contributed by atoms with Gasteiger partial charge < -0.3 is 9.47 Å². The fourth-order valence-corrected chi connectivity index (χ4v) is 1.00. The summed E-state index contributed by atoms with van der Waals surface area (Å²) in [5.41, 5.74) is -0.442. The molecule has 0 bridgehead atoms. The van der Waals surface area contributed by atoms with Crippen LogP contribution in [-0.4, -0.2) is 24.8 Å². The van der Waals surface area contributed by atoms with E-state index in [0.717, 1.165) is 0 Å². The van der Waals surface area contributed by atoms with Crippen molar-refractivity contribution in [3.8, 4) is 0 Å². The quantitative estimate of drug-likeness (QED) is 0.635. The number of rotatable bonds is 3. The second-order valence-corrected chi connectivity index (χ2v) is 4.43. The lowest BCUT2D eigenvalue weighted by atomic mass is 10.1. The molecule has 3 nitrogen and oxygen atoms in total. The number of ether oxygens (including phenoxy) is 2. The highest BCUT2D eigenvalue weighted by Crippen LogP contribution is 2.13. The fraction of sp³-hybridized carbons (Fsp3) is 0.900. The molecule has 0 aliphatic carbocycles. The highest BCUT2D eigenvalue weighted by atomic mass is 16.6. The van der Waals surface area contributed by atoms with Crippen molar-refractivity contribution in [2.75, 3.05) is 7.11 Å². The molecule has 1 atom stereocenters. The summed E-state index contributed by atoms with van der Waals surface area (Å²) in [5, 5.41) is 0. The van der Waals surface area contributed by atoms with Gasteiger partial charge in [0.1, 0.15) is 5.60 Å². The van der Waals surface area contributed by atoms with Gasteiger partial charge in [-0.05, 0) is 26.7 Å². The predicted octanol–water partition coefficient (Wildman–Crippen LogP) is 2.00. The Hall–Kier alpha value is -0.570. The summed E-state index contributed by atoms with van der Waals surface area (Å²) in [6.07, 6.45) is -0.459. The van der Waals surface area contributed by atoms with Crippen LogP contribution < -0.4 is 0 Å². The third-order valence-corrected chi connectivity index (χ3v) is 1.50. The van der Waals surface area contributed by atoms with Crippen LogP contribution in [-0.2, 0) is 14.3 Å². The Balaban J connectivity index is 4.23. The molecule has 0 fully saturated rings. The topological polar surface area (TPSA) is 35.5 Å². The van der Waals surface area contributed by atoms with Gasteiger partial charge in [0.15, 0.2) is 6.10 Å². The van der Waals surface area contributed by atoms with Gasteiger partial charge >= 0.3 is 5.97 Å². The van der Waals surface area contributed by atoms with Gasteiger partial charge in [-0.2, -0.15) is 0 Å². The van der Waals surface area contributed by atoms with E-state index in [0.29, 0.717) is 0 Å². The maximum atomic E-state index is 11.5. The summed E-state index contributed by atoms with van der Waals surface area (Å²) >= 11 is 0. The molecule has 0 saturated carbocycles. The number of hydrogen-bond acceptors (Lipinski definition) is 3. The normalized spacial score (nSPS) is 14.4. The Labute approximate surface area is 80.4 Å². The Morgan fingerprint density at radius 3 is 1.92 bits per heavy atom. The molecule has 0 radical (unpaired) electrons. The highest BCUT2D eigenvalue weighted by Gasteiger charge is 2.27. The Morgan fingerprint density at radius 2 is 1.69 bits per heavy atom. The molecule has 0 aromatic carbocycles. The van der Waals surface area contributed by atoms with E-state index in [9.17, 15) is 4.79 Å². The van der Waals surface area contributed by atoms with E-state index in [1.807, 2.05) is 34.6 Å². The minimum Gasteiger partial charge on any atom is -0.458 e. The minimum atomic E-state index is -0.459. The first-order chi connectivity index (χ1) is 5.78. The molecule has 0 rings (SSSR count). The molecule has 0 aliphatic heterocycles. The van der Waals surface area contributed by atoms with Crippen molar-refractivity contribution in [3.63, 3.8) is 0 Å². The summed E-state index contributed by atoms with van der Waals surface area (Å²) in [5.74, 6) is -0.148. The van der Waals surface area contributed by atoms with Gasteiger partial charge in [0, 0.05) is 7.11 Å². The van der Waals surface area contributed by atoms with Gasteiger partial charge in [0.2, 0.25) is 0 Å². The van der Waals surface area contributed by atoms with Crippen LogP contribution in [0.15, 0.2) is 0 Å². The first-order valence-electron chi connectivity index (χ1n) is 4.53. The van der Waals surface area contributed by atoms with Crippen LogP contribution >= 0.6 is 0 Å². The van der Waals surface area contributed by atoms with Crippen molar-refractivity contribution in [1.29, 1.82) is 0 Å². The standard InChI is InChI=1S/C10H20O3/c1-7(2)8(12-6)9(11)13-10(3,4)5/h7-8H,1-6H3. The Kier molecular flexibility index (Phi) is 4.40. The van der Waals surface area contributed by atoms with Gasteiger partial charge in [-0.3, -0.25) is 0 Å². The van der Waals surface area contributed by atoms with Crippen LogP contribution in [0.5, 0.6) is 0 Å². The van der Waals surface area contributed by atoms with Gasteiger partial charge in [-0.25, -0.2) is 4.79 Å². The maximum Gasteiger partial charge on any atom is 0.336 e. The maximum absolute atomic E-state index is 11.5. The van der Waals surface area contributed by atoms with Gasteiger partial charge in [0.05, 0.1) is 0 Å². The lowest BCUT2D eigenvalue weighted by Crippen LogP contribution is -2.35. The Morgan fingerprint density at radius 1 is 1.23 bits per heavy atom. The largest absolute Gasteiger partial charge is 0.458 e. The fourth-order valence-electron chi connectivity index (χ4n) is 1.00. The number of esters is 1. The summed E-state index contributed by atoms with van der Waals surface area (Å²) < 4.78 is 10.2. The molecule has 3 heteroatoms. The van der Waals surface area contributed by atoms with E-state index >= 15 is 0 Å². The second kappa shape index (κ2) is 4.61. The lowest BCUT2D eigenvalue weighted by Gasteiger charge is -2.24. The third-order valence-electron chi connectivity index (χ3n) is 1.50. The van der Waals surface area contributed by atoms with E-state index in [-0.39, 0.29) is 11.9 Å². The first-order valence-corrected chi connectivity index (χ1v) is 4.53. The van der Waals surface area contributed by atoms with Crippen LogP contribution in [0.1, 0.15) is 34.6 Å². The molecule has 78 valence electrons. The summed E-state index contributed by atoms with van der Waals surface area (Å²) in [6, 6.07) is 0. The van der Waals surface area contributed by atoms with Crippen LogP contribution in [0.2, 0.25) is 0 Å². The average molecular weight is 188 g/mol. The summed E-state index contributed by atoms with van der Waals surface area (Å²) in [4.78, 5) is 11.5.